The molecule has 0 spiro atoms. The fourth-order valence-electron chi connectivity index (χ4n) is 2.47. The first-order valence-electron chi connectivity index (χ1n) is 7.75. The number of rotatable bonds is 3. The molecular formula is C17H21N5O. The zero-order valence-corrected chi connectivity index (χ0v) is 13.5. The molecule has 0 aliphatic carbocycles. The first kappa shape index (κ1) is 15.4. The monoisotopic (exact) mass is 311 g/mol. The molecule has 0 unspecified atom stereocenters. The highest BCUT2D eigenvalue weighted by Crippen LogP contribution is 2.13. The van der Waals surface area contributed by atoms with Gasteiger partial charge in [0.05, 0.1) is 12.4 Å². The van der Waals surface area contributed by atoms with Crippen LogP contribution in [0.3, 0.4) is 0 Å². The van der Waals surface area contributed by atoms with Crippen LogP contribution in [-0.2, 0) is 0 Å². The maximum atomic E-state index is 12.2. The van der Waals surface area contributed by atoms with Gasteiger partial charge in [0.15, 0.2) is 0 Å². The van der Waals surface area contributed by atoms with Gasteiger partial charge in [-0.25, -0.2) is 9.97 Å². The van der Waals surface area contributed by atoms with Crippen LogP contribution in [0, 0.1) is 6.92 Å². The standard InChI is InChI=1S/C17H21N5O/c1-13-3-5-14(6-4-13)20-17(23)15-11-19-16(12-18-15)22-9-7-21(2)8-10-22/h3-6,11-12H,7-10H2,1-2H3,(H,20,23). The van der Waals surface area contributed by atoms with Crippen molar-refractivity contribution in [2.45, 2.75) is 6.92 Å². The third-order valence-electron chi connectivity index (χ3n) is 4.01. The van der Waals surface area contributed by atoms with E-state index in [2.05, 4.69) is 32.1 Å². The molecule has 1 aliphatic rings. The molecule has 1 aromatic heterocycles. The minimum atomic E-state index is -0.244. The first-order chi connectivity index (χ1) is 11.1. The second-order valence-corrected chi connectivity index (χ2v) is 5.87. The number of amides is 1. The average Bonchev–Trinajstić information content (AvgIpc) is 2.58. The summed E-state index contributed by atoms with van der Waals surface area (Å²) in [4.78, 5) is 25.3. The van der Waals surface area contributed by atoms with Crippen molar-refractivity contribution < 1.29 is 4.79 Å². The van der Waals surface area contributed by atoms with Gasteiger partial charge in [-0.1, -0.05) is 17.7 Å². The van der Waals surface area contributed by atoms with Gasteiger partial charge in [-0.2, -0.15) is 0 Å². The summed E-state index contributed by atoms with van der Waals surface area (Å²) in [6, 6.07) is 7.66. The Bertz CT molecular complexity index is 660. The Morgan fingerprint density at radius 2 is 1.74 bits per heavy atom. The molecule has 0 radical (unpaired) electrons. The third-order valence-corrected chi connectivity index (χ3v) is 4.01. The van der Waals surface area contributed by atoms with Gasteiger partial charge in [0.2, 0.25) is 0 Å². The van der Waals surface area contributed by atoms with Crippen LogP contribution in [-0.4, -0.2) is 54.0 Å². The van der Waals surface area contributed by atoms with Gasteiger partial charge < -0.3 is 15.1 Å². The first-order valence-corrected chi connectivity index (χ1v) is 7.75. The van der Waals surface area contributed by atoms with Gasteiger partial charge in [0.1, 0.15) is 11.5 Å². The van der Waals surface area contributed by atoms with Crippen LogP contribution in [0.15, 0.2) is 36.7 Å². The molecule has 6 nitrogen and oxygen atoms in total. The Labute approximate surface area is 136 Å². The van der Waals surface area contributed by atoms with Crippen molar-refractivity contribution >= 4 is 17.4 Å². The van der Waals surface area contributed by atoms with E-state index < -0.39 is 0 Å². The summed E-state index contributed by atoms with van der Waals surface area (Å²) in [5, 5.41) is 2.83. The largest absolute Gasteiger partial charge is 0.353 e. The molecule has 0 saturated carbocycles. The van der Waals surface area contributed by atoms with Gasteiger partial charge >= 0.3 is 0 Å². The molecular weight excluding hydrogens is 290 g/mol. The summed E-state index contributed by atoms with van der Waals surface area (Å²) in [5.74, 6) is 0.580. The van der Waals surface area contributed by atoms with E-state index in [1.54, 1.807) is 6.20 Å². The molecule has 6 heteroatoms. The normalized spacial score (nSPS) is 15.5. The lowest BCUT2D eigenvalue weighted by Gasteiger charge is -2.32. The molecule has 3 rings (SSSR count). The highest BCUT2D eigenvalue weighted by Gasteiger charge is 2.16. The predicted molar refractivity (Wildman–Crippen MR) is 90.9 cm³/mol. The van der Waals surface area contributed by atoms with Crippen molar-refractivity contribution in [3.8, 4) is 0 Å². The van der Waals surface area contributed by atoms with Crippen molar-refractivity contribution in [2.75, 3.05) is 43.4 Å². The Morgan fingerprint density at radius 3 is 2.35 bits per heavy atom. The van der Waals surface area contributed by atoms with Gasteiger partial charge in [-0.3, -0.25) is 4.79 Å². The highest BCUT2D eigenvalue weighted by atomic mass is 16.1. The third kappa shape index (κ3) is 3.84. The van der Waals surface area contributed by atoms with Crippen LogP contribution in [0.25, 0.3) is 0 Å². The van der Waals surface area contributed by atoms with Crippen molar-refractivity contribution in [1.82, 2.24) is 14.9 Å². The van der Waals surface area contributed by atoms with E-state index in [4.69, 9.17) is 0 Å². The molecule has 1 fully saturated rings. The molecule has 120 valence electrons. The van der Waals surface area contributed by atoms with Crippen LogP contribution >= 0.6 is 0 Å². The van der Waals surface area contributed by atoms with E-state index in [1.807, 2.05) is 31.2 Å². The van der Waals surface area contributed by atoms with Crippen LogP contribution in [0.2, 0.25) is 0 Å². The van der Waals surface area contributed by atoms with Crippen LogP contribution in [0.1, 0.15) is 16.1 Å². The molecule has 1 N–H and O–H groups in total. The Morgan fingerprint density at radius 1 is 1.04 bits per heavy atom. The molecule has 1 amide bonds. The highest BCUT2D eigenvalue weighted by molar-refractivity contribution is 6.02. The molecule has 0 bridgehead atoms. The molecule has 0 atom stereocenters. The number of piperazine rings is 1. The number of carbonyl (C=O) groups excluding carboxylic acids is 1. The van der Waals surface area contributed by atoms with Gasteiger partial charge in [-0.15, -0.1) is 0 Å². The Kier molecular flexibility index (Phi) is 4.52. The number of hydrogen-bond acceptors (Lipinski definition) is 5. The smallest absolute Gasteiger partial charge is 0.275 e. The number of aryl methyl sites for hydroxylation is 1. The number of anilines is 2. The summed E-state index contributed by atoms with van der Waals surface area (Å²) in [6.45, 7) is 5.89. The van der Waals surface area contributed by atoms with E-state index >= 15 is 0 Å². The summed E-state index contributed by atoms with van der Waals surface area (Å²) in [7, 11) is 2.11. The predicted octanol–water partition coefficient (Wildman–Crippen LogP) is 1.79. The molecule has 1 saturated heterocycles. The second kappa shape index (κ2) is 6.75. The summed E-state index contributed by atoms with van der Waals surface area (Å²) < 4.78 is 0. The maximum absolute atomic E-state index is 12.2. The topological polar surface area (TPSA) is 61.4 Å². The van der Waals surface area contributed by atoms with Crippen molar-refractivity contribution in [2.24, 2.45) is 0 Å². The van der Waals surface area contributed by atoms with Crippen molar-refractivity contribution in [1.29, 1.82) is 0 Å². The summed E-state index contributed by atoms with van der Waals surface area (Å²) >= 11 is 0. The van der Waals surface area contributed by atoms with E-state index in [0.29, 0.717) is 5.69 Å². The lowest BCUT2D eigenvalue weighted by molar-refractivity contribution is 0.102. The van der Waals surface area contributed by atoms with Gasteiger partial charge in [0.25, 0.3) is 5.91 Å². The molecule has 23 heavy (non-hydrogen) atoms. The lowest BCUT2D eigenvalue weighted by atomic mass is 10.2. The minimum Gasteiger partial charge on any atom is -0.353 e. The van der Waals surface area contributed by atoms with Crippen LogP contribution in [0.4, 0.5) is 11.5 Å². The maximum Gasteiger partial charge on any atom is 0.275 e. The SMILES string of the molecule is Cc1ccc(NC(=O)c2cnc(N3CCN(C)CC3)cn2)cc1. The van der Waals surface area contributed by atoms with Crippen molar-refractivity contribution in [3.63, 3.8) is 0 Å². The van der Waals surface area contributed by atoms with E-state index in [-0.39, 0.29) is 5.91 Å². The number of carbonyl (C=O) groups is 1. The van der Waals surface area contributed by atoms with Gasteiger partial charge in [-0.05, 0) is 26.1 Å². The Hall–Kier alpha value is -2.47. The second-order valence-electron chi connectivity index (χ2n) is 5.87. The number of likely N-dealkylation sites (N-methyl/N-ethyl adjacent to an activating group) is 1. The number of aromatic nitrogens is 2. The van der Waals surface area contributed by atoms with E-state index in [1.165, 1.54) is 6.20 Å². The number of hydrogen-bond donors (Lipinski definition) is 1. The minimum absolute atomic E-state index is 0.244. The summed E-state index contributed by atoms with van der Waals surface area (Å²) in [6.07, 6.45) is 3.21. The number of benzene rings is 1. The van der Waals surface area contributed by atoms with Crippen molar-refractivity contribution in [3.05, 3.63) is 47.9 Å². The van der Waals surface area contributed by atoms with E-state index in [0.717, 1.165) is 43.2 Å². The van der Waals surface area contributed by atoms with Crippen LogP contribution < -0.4 is 10.2 Å². The average molecular weight is 311 g/mol. The van der Waals surface area contributed by atoms with Crippen LogP contribution in [0.5, 0.6) is 0 Å². The number of nitrogens with zero attached hydrogens (tertiary/aromatic N) is 4. The van der Waals surface area contributed by atoms with Gasteiger partial charge in [0, 0.05) is 31.9 Å². The fourth-order valence-corrected chi connectivity index (χ4v) is 2.47. The molecule has 2 heterocycles. The fraction of sp³-hybridized carbons (Fsp3) is 0.353. The number of nitrogens with one attached hydrogen (secondary N) is 1. The molecule has 2 aromatic rings. The lowest BCUT2D eigenvalue weighted by Crippen LogP contribution is -2.44. The zero-order valence-electron chi connectivity index (χ0n) is 13.5. The zero-order chi connectivity index (χ0) is 16.2. The molecule has 1 aliphatic heterocycles. The quantitative estimate of drug-likeness (QED) is 0.936. The summed E-state index contributed by atoms with van der Waals surface area (Å²) in [5.41, 5.74) is 2.23. The Balaban J connectivity index is 1.64. The molecule has 1 aromatic carbocycles. The van der Waals surface area contributed by atoms with E-state index in [9.17, 15) is 4.79 Å².